The highest BCUT2D eigenvalue weighted by Crippen LogP contribution is 2.64. The van der Waals surface area contributed by atoms with Crippen LogP contribution < -0.4 is 4.74 Å². The minimum atomic E-state index is -0.414. The first-order valence-electron chi connectivity index (χ1n) is 19.3. The molecule has 0 bridgehead atoms. The number of rotatable bonds is 2. The summed E-state index contributed by atoms with van der Waals surface area (Å²) in [5.41, 5.74) is 17.5. The van der Waals surface area contributed by atoms with Crippen molar-refractivity contribution in [3.05, 3.63) is 215 Å². The molecule has 55 heavy (non-hydrogen) atoms. The number of hydrogen-bond acceptors (Lipinski definition) is 1. The number of para-hydroxylation sites is 1. The lowest BCUT2D eigenvalue weighted by Gasteiger charge is -2.34. The van der Waals surface area contributed by atoms with Gasteiger partial charge in [0.25, 0.3) is 0 Å². The van der Waals surface area contributed by atoms with Gasteiger partial charge in [0.05, 0.1) is 5.41 Å². The fraction of sp³-hybridized carbons (Fsp3) is 0.0741. The van der Waals surface area contributed by atoms with Gasteiger partial charge in [0.15, 0.2) is 0 Å². The van der Waals surface area contributed by atoms with Crippen molar-refractivity contribution in [3.8, 4) is 56.0 Å². The molecular formula is C54H36O. The first kappa shape index (κ1) is 30.7. The third-order valence-electron chi connectivity index (χ3n) is 13.0. The third-order valence-corrected chi connectivity index (χ3v) is 13.0. The molecule has 258 valence electrons. The smallest absolute Gasteiger partial charge is 0.132 e. The standard InChI is InChI=1S/C54H36O/c1-53(2)46-21-11-12-22-50(46)55-51-32-35(25-29-47(51)53)37-28-27-36(39-15-5-6-16-40(37)39)34-23-26-42-41-17-7-9-19-44(41)54(49(42)31-34)45-20-10-8-18-43(45)52-38-14-4-3-13-33(38)24-30-48(52)54/h3-32H,1-2H3. The Morgan fingerprint density at radius 3 is 1.65 bits per heavy atom. The van der Waals surface area contributed by atoms with E-state index in [2.05, 4.69) is 196 Å². The van der Waals surface area contributed by atoms with E-state index < -0.39 is 5.41 Å². The molecule has 1 heterocycles. The first-order chi connectivity index (χ1) is 27.0. The van der Waals surface area contributed by atoms with Crippen molar-refractivity contribution in [2.24, 2.45) is 0 Å². The summed E-state index contributed by atoms with van der Waals surface area (Å²) in [4.78, 5) is 0. The molecule has 1 spiro atoms. The van der Waals surface area contributed by atoms with Crippen molar-refractivity contribution in [2.45, 2.75) is 24.7 Å². The Bertz CT molecular complexity index is 3110. The van der Waals surface area contributed by atoms with E-state index >= 15 is 0 Å². The highest BCUT2D eigenvalue weighted by Gasteiger charge is 2.52. The average Bonchev–Trinajstić information content (AvgIpc) is 3.70. The summed E-state index contributed by atoms with van der Waals surface area (Å²) >= 11 is 0. The maximum absolute atomic E-state index is 6.57. The predicted octanol–water partition coefficient (Wildman–Crippen LogP) is 14.1. The lowest BCUT2D eigenvalue weighted by molar-refractivity contribution is 0.418. The Labute approximate surface area is 321 Å². The summed E-state index contributed by atoms with van der Waals surface area (Å²) in [7, 11) is 0. The van der Waals surface area contributed by atoms with Gasteiger partial charge in [0.2, 0.25) is 0 Å². The van der Waals surface area contributed by atoms with Crippen molar-refractivity contribution >= 4 is 21.5 Å². The molecule has 9 aromatic rings. The molecule has 3 aliphatic rings. The largest absolute Gasteiger partial charge is 0.457 e. The Morgan fingerprint density at radius 1 is 0.345 bits per heavy atom. The zero-order valence-corrected chi connectivity index (χ0v) is 30.7. The topological polar surface area (TPSA) is 9.23 Å². The van der Waals surface area contributed by atoms with Crippen LogP contribution in [0.3, 0.4) is 0 Å². The summed E-state index contributed by atoms with van der Waals surface area (Å²) in [6.07, 6.45) is 0. The highest BCUT2D eigenvalue weighted by atomic mass is 16.5. The van der Waals surface area contributed by atoms with Crippen molar-refractivity contribution in [3.63, 3.8) is 0 Å². The van der Waals surface area contributed by atoms with E-state index in [0.717, 1.165) is 17.1 Å². The van der Waals surface area contributed by atoms with Crippen LogP contribution in [0.25, 0.3) is 66.1 Å². The van der Waals surface area contributed by atoms with Crippen LogP contribution in [0, 0.1) is 0 Å². The molecule has 9 aromatic carbocycles. The normalized spacial score (nSPS) is 16.5. The molecule has 1 atom stereocenters. The molecule has 1 unspecified atom stereocenters. The van der Waals surface area contributed by atoms with Gasteiger partial charge in [0, 0.05) is 16.5 Å². The minimum Gasteiger partial charge on any atom is -0.457 e. The summed E-state index contributed by atoms with van der Waals surface area (Å²) in [5, 5.41) is 5.07. The molecule has 2 aliphatic carbocycles. The summed E-state index contributed by atoms with van der Waals surface area (Å²) in [5.74, 6) is 1.87. The summed E-state index contributed by atoms with van der Waals surface area (Å²) in [6, 6.07) is 67.7. The molecule has 0 saturated heterocycles. The minimum absolute atomic E-state index is 0.146. The molecule has 0 radical (unpaired) electrons. The molecule has 1 nitrogen and oxygen atoms in total. The van der Waals surface area contributed by atoms with Crippen LogP contribution in [0.2, 0.25) is 0 Å². The van der Waals surface area contributed by atoms with Gasteiger partial charge in [-0.3, -0.25) is 0 Å². The lowest BCUT2D eigenvalue weighted by atomic mass is 9.70. The Balaban J connectivity index is 1.06. The van der Waals surface area contributed by atoms with E-state index in [9.17, 15) is 0 Å². The molecule has 0 aromatic heterocycles. The van der Waals surface area contributed by atoms with E-state index in [1.54, 1.807) is 0 Å². The van der Waals surface area contributed by atoms with Crippen LogP contribution in [-0.2, 0) is 10.8 Å². The SMILES string of the molecule is CC1(C)c2ccccc2Oc2cc(-c3ccc(-c4ccc5c(c4)C4(c6ccccc6-5)c5ccccc5-c5c4ccc4ccccc54)c4ccccc34)ccc21. The van der Waals surface area contributed by atoms with Gasteiger partial charge in [-0.05, 0) is 107 Å². The van der Waals surface area contributed by atoms with Crippen LogP contribution in [0.1, 0.15) is 47.2 Å². The van der Waals surface area contributed by atoms with E-state index in [1.165, 1.54) is 93.9 Å². The zero-order chi connectivity index (χ0) is 36.5. The van der Waals surface area contributed by atoms with Gasteiger partial charge in [0.1, 0.15) is 11.5 Å². The summed E-state index contributed by atoms with van der Waals surface area (Å²) < 4.78 is 6.57. The average molecular weight is 701 g/mol. The molecule has 12 rings (SSSR count). The zero-order valence-electron chi connectivity index (χ0n) is 30.7. The van der Waals surface area contributed by atoms with Crippen LogP contribution in [0.4, 0.5) is 0 Å². The van der Waals surface area contributed by atoms with Gasteiger partial charge in [-0.25, -0.2) is 0 Å². The number of ether oxygens (including phenoxy) is 1. The van der Waals surface area contributed by atoms with Gasteiger partial charge in [-0.1, -0.05) is 178 Å². The van der Waals surface area contributed by atoms with Crippen LogP contribution in [0.5, 0.6) is 11.5 Å². The van der Waals surface area contributed by atoms with Crippen molar-refractivity contribution in [1.82, 2.24) is 0 Å². The third kappa shape index (κ3) is 3.97. The fourth-order valence-corrected chi connectivity index (χ4v) is 10.5. The van der Waals surface area contributed by atoms with Gasteiger partial charge >= 0.3 is 0 Å². The molecule has 1 aliphatic heterocycles. The van der Waals surface area contributed by atoms with E-state index in [-0.39, 0.29) is 5.41 Å². The van der Waals surface area contributed by atoms with Crippen LogP contribution in [-0.4, -0.2) is 0 Å². The van der Waals surface area contributed by atoms with Crippen LogP contribution >= 0.6 is 0 Å². The fourth-order valence-electron chi connectivity index (χ4n) is 10.5. The monoisotopic (exact) mass is 700 g/mol. The van der Waals surface area contributed by atoms with Crippen LogP contribution in [0.15, 0.2) is 182 Å². The second-order valence-electron chi connectivity index (χ2n) is 16.0. The molecule has 0 amide bonds. The van der Waals surface area contributed by atoms with Gasteiger partial charge in [-0.2, -0.15) is 0 Å². The van der Waals surface area contributed by atoms with Crippen molar-refractivity contribution < 1.29 is 4.74 Å². The molecule has 0 saturated carbocycles. The molecule has 0 fully saturated rings. The van der Waals surface area contributed by atoms with E-state index in [4.69, 9.17) is 4.74 Å². The maximum atomic E-state index is 6.57. The van der Waals surface area contributed by atoms with E-state index in [0.29, 0.717) is 0 Å². The molecule has 0 N–H and O–H groups in total. The first-order valence-corrected chi connectivity index (χ1v) is 19.3. The second kappa shape index (κ2) is 10.9. The van der Waals surface area contributed by atoms with Crippen molar-refractivity contribution in [1.29, 1.82) is 0 Å². The molecule has 1 heteroatoms. The quantitative estimate of drug-likeness (QED) is 0.174. The Morgan fingerprint density at radius 2 is 0.873 bits per heavy atom. The molecular weight excluding hydrogens is 665 g/mol. The van der Waals surface area contributed by atoms with E-state index in [1.807, 2.05) is 0 Å². The maximum Gasteiger partial charge on any atom is 0.132 e. The summed E-state index contributed by atoms with van der Waals surface area (Å²) in [6.45, 7) is 4.59. The van der Waals surface area contributed by atoms with Gasteiger partial charge in [-0.15, -0.1) is 0 Å². The predicted molar refractivity (Wildman–Crippen MR) is 227 cm³/mol. The Kier molecular flexibility index (Phi) is 6.11. The van der Waals surface area contributed by atoms with Crippen molar-refractivity contribution in [2.75, 3.05) is 0 Å². The number of benzene rings is 9. The second-order valence-corrected chi connectivity index (χ2v) is 16.0. The van der Waals surface area contributed by atoms with Gasteiger partial charge < -0.3 is 4.74 Å². The lowest BCUT2D eigenvalue weighted by Crippen LogP contribution is -2.25. The highest BCUT2D eigenvalue weighted by molar-refractivity contribution is 6.08. The number of fused-ring (bicyclic) bond motifs is 15. The Hall–Kier alpha value is -6.70. The number of hydrogen-bond donors (Lipinski definition) is 0.